The zero-order chi connectivity index (χ0) is 23.2. The monoisotopic (exact) mass is 445 g/mol. The lowest BCUT2D eigenvalue weighted by Crippen LogP contribution is -2.28. The fourth-order valence-corrected chi connectivity index (χ4v) is 3.37. The van der Waals surface area contributed by atoms with E-state index in [1.807, 2.05) is 6.07 Å². The molecule has 0 saturated heterocycles. The van der Waals surface area contributed by atoms with E-state index in [0.717, 1.165) is 0 Å². The van der Waals surface area contributed by atoms with Crippen LogP contribution in [0.4, 0.5) is 5.69 Å². The number of aryl methyl sites for hydroxylation is 1. The van der Waals surface area contributed by atoms with Crippen LogP contribution in [0.3, 0.4) is 0 Å². The summed E-state index contributed by atoms with van der Waals surface area (Å²) in [7, 11) is 1.56. The van der Waals surface area contributed by atoms with E-state index in [1.54, 1.807) is 74.0 Å². The molecule has 0 atom stereocenters. The summed E-state index contributed by atoms with van der Waals surface area (Å²) in [6.07, 6.45) is 2.19. The lowest BCUT2D eigenvalue weighted by atomic mass is 10.1. The lowest BCUT2D eigenvalue weighted by Gasteiger charge is -2.12. The fourth-order valence-electron chi connectivity index (χ4n) is 3.37. The zero-order valence-electron chi connectivity index (χ0n) is 18.0. The molecule has 4 aromatic rings. The minimum Gasteiger partial charge on any atom is -0.497 e. The SMILES string of the molecule is COc1ccc(C(=O)Nc2ccccc2C(=O)NCCCn2nc3ccccn3c2=O)cc1. The first kappa shape index (κ1) is 21.8. The Hall–Kier alpha value is -4.40. The molecule has 0 saturated carbocycles. The Morgan fingerprint density at radius 1 is 0.970 bits per heavy atom. The molecule has 4 rings (SSSR count). The van der Waals surface area contributed by atoms with Crippen LogP contribution in [-0.4, -0.2) is 39.7 Å². The average Bonchev–Trinajstić information content (AvgIpc) is 3.17. The van der Waals surface area contributed by atoms with Crippen molar-refractivity contribution in [2.24, 2.45) is 0 Å². The number of methoxy groups -OCH3 is 1. The van der Waals surface area contributed by atoms with Crippen LogP contribution in [0.5, 0.6) is 5.75 Å². The van der Waals surface area contributed by atoms with Crippen molar-refractivity contribution >= 4 is 23.1 Å². The normalized spacial score (nSPS) is 10.7. The maximum Gasteiger partial charge on any atom is 0.350 e. The van der Waals surface area contributed by atoms with Crippen LogP contribution in [0.25, 0.3) is 5.65 Å². The number of hydrogen-bond donors (Lipinski definition) is 2. The number of rotatable bonds is 8. The number of pyridine rings is 1. The van der Waals surface area contributed by atoms with Gasteiger partial charge in [0, 0.05) is 24.8 Å². The third-order valence-electron chi connectivity index (χ3n) is 5.09. The molecule has 9 heteroatoms. The summed E-state index contributed by atoms with van der Waals surface area (Å²) >= 11 is 0. The van der Waals surface area contributed by atoms with Crippen LogP contribution >= 0.6 is 0 Å². The maximum atomic E-state index is 12.7. The van der Waals surface area contributed by atoms with Gasteiger partial charge < -0.3 is 15.4 Å². The molecular weight excluding hydrogens is 422 g/mol. The number of ether oxygens (including phenoxy) is 1. The molecule has 2 aromatic heterocycles. The summed E-state index contributed by atoms with van der Waals surface area (Å²) in [4.78, 5) is 37.6. The van der Waals surface area contributed by atoms with Crippen molar-refractivity contribution in [3.63, 3.8) is 0 Å². The third-order valence-corrected chi connectivity index (χ3v) is 5.09. The topological polar surface area (TPSA) is 107 Å². The van der Waals surface area contributed by atoms with Crippen LogP contribution in [-0.2, 0) is 6.54 Å². The number of carbonyl (C=O) groups excluding carboxylic acids is 2. The summed E-state index contributed by atoms with van der Waals surface area (Å²) in [5.41, 5.74) is 1.57. The average molecular weight is 445 g/mol. The summed E-state index contributed by atoms with van der Waals surface area (Å²) in [6.45, 7) is 0.719. The summed E-state index contributed by atoms with van der Waals surface area (Å²) in [6, 6.07) is 18.8. The quantitative estimate of drug-likeness (QED) is 0.406. The van der Waals surface area contributed by atoms with Gasteiger partial charge >= 0.3 is 5.69 Å². The van der Waals surface area contributed by atoms with Gasteiger partial charge in [-0.05, 0) is 55.0 Å². The standard InChI is InChI=1S/C24H23N5O4/c1-33-18-12-10-17(11-13-18)22(30)26-20-8-3-2-7-19(20)23(31)25-14-6-16-29-24(32)28-15-5-4-9-21(28)27-29/h2-5,7-13,15H,6,14,16H2,1H3,(H,25,31)(H,26,30). The van der Waals surface area contributed by atoms with Crippen molar-refractivity contribution in [1.82, 2.24) is 19.5 Å². The van der Waals surface area contributed by atoms with Gasteiger partial charge in [0.25, 0.3) is 11.8 Å². The van der Waals surface area contributed by atoms with Gasteiger partial charge in [-0.15, -0.1) is 5.10 Å². The zero-order valence-corrected chi connectivity index (χ0v) is 18.0. The molecule has 168 valence electrons. The Bertz CT molecular complexity index is 1340. The first-order valence-corrected chi connectivity index (χ1v) is 10.4. The van der Waals surface area contributed by atoms with E-state index in [2.05, 4.69) is 15.7 Å². The Morgan fingerprint density at radius 3 is 2.48 bits per heavy atom. The molecule has 2 heterocycles. The number of carbonyl (C=O) groups is 2. The highest BCUT2D eigenvalue weighted by molar-refractivity contribution is 6.09. The van der Waals surface area contributed by atoms with Crippen molar-refractivity contribution in [2.45, 2.75) is 13.0 Å². The minimum atomic E-state index is -0.330. The van der Waals surface area contributed by atoms with Gasteiger partial charge in [0.1, 0.15) is 5.75 Å². The highest BCUT2D eigenvalue weighted by Crippen LogP contribution is 2.17. The molecule has 2 amide bonds. The molecule has 0 aliphatic carbocycles. The predicted octanol–water partition coefficient (Wildman–Crippen LogP) is 2.58. The summed E-state index contributed by atoms with van der Waals surface area (Å²) in [5, 5.41) is 9.89. The van der Waals surface area contributed by atoms with Gasteiger partial charge in [0.2, 0.25) is 0 Å². The second-order valence-electron chi connectivity index (χ2n) is 7.27. The van der Waals surface area contributed by atoms with Crippen molar-refractivity contribution in [3.8, 4) is 5.75 Å². The Labute approximate surface area is 189 Å². The largest absolute Gasteiger partial charge is 0.497 e. The van der Waals surface area contributed by atoms with Gasteiger partial charge in [-0.1, -0.05) is 18.2 Å². The predicted molar refractivity (Wildman–Crippen MR) is 124 cm³/mol. The number of para-hydroxylation sites is 1. The molecule has 33 heavy (non-hydrogen) atoms. The molecule has 0 unspecified atom stereocenters. The van der Waals surface area contributed by atoms with Crippen LogP contribution in [0, 0.1) is 0 Å². The van der Waals surface area contributed by atoms with E-state index >= 15 is 0 Å². The van der Waals surface area contributed by atoms with Crippen molar-refractivity contribution in [2.75, 3.05) is 19.0 Å². The second-order valence-corrected chi connectivity index (χ2v) is 7.27. The number of nitrogens with zero attached hydrogens (tertiary/aromatic N) is 3. The molecule has 0 fully saturated rings. The lowest BCUT2D eigenvalue weighted by molar-refractivity contribution is 0.0953. The molecular formula is C24H23N5O4. The molecule has 2 aromatic carbocycles. The number of anilines is 1. The molecule has 0 spiro atoms. The number of aromatic nitrogens is 3. The van der Waals surface area contributed by atoms with E-state index in [1.165, 1.54) is 9.08 Å². The van der Waals surface area contributed by atoms with Crippen molar-refractivity contribution in [1.29, 1.82) is 0 Å². The number of nitrogens with one attached hydrogen (secondary N) is 2. The van der Waals surface area contributed by atoms with E-state index < -0.39 is 0 Å². The Morgan fingerprint density at radius 2 is 1.73 bits per heavy atom. The molecule has 2 N–H and O–H groups in total. The number of benzene rings is 2. The van der Waals surface area contributed by atoms with Gasteiger partial charge in [0.05, 0.1) is 18.4 Å². The highest BCUT2D eigenvalue weighted by atomic mass is 16.5. The number of fused-ring (bicyclic) bond motifs is 1. The first-order valence-electron chi connectivity index (χ1n) is 10.4. The maximum absolute atomic E-state index is 12.7. The van der Waals surface area contributed by atoms with Gasteiger partial charge in [-0.25, -0.2) is 9.48 Å². The summed E-state index contributed by atoms with van der Waals surface area (Å²) in [5.74, 6) is 0.00402. The molecule has 0 bridgehead atoms. The first-order chi connectivity index (χ1) is 16.1. The molecule has 0 radical (unpaired) electrons. The highest BCUT2D eigenvalue weighted by Gasteiger charge is 2.14. The smallest absolute Gasteiger partial charge is 0.350 e. The van der Waals surface area contributed by atoms with Gasteiger partial charge in [-0.2, -0.15) is 0 Å². The van der Waals surface area contributed by atoms with Crippen LogP contribution in [0.1, 0.15) is 27.1 Å². The van der Waals surface area contributed by atoms with Gasteiger partial charge in [0.15, 0.2) is 5.65 Å². The molecule has 0 aliphatic heterocycles. The third kappa shape index (κ3) is 4.93. The van der Waals surface area contributed by atoms with E-state index in [4.69, 9.17) is 4.74 Å². The van der Waals surface area contributed by atoms with E-state index in [9.17, 15) is 14.4 Å². The van der Waals surface area contributed by atoms with Crippen LogP contribution in [0.2, 0.25) is 0 Å². The van der Waals surface area contributed by atoms with Crippen molar-refractivity contribution < 1.29 is 14.3 Å². The van der Waals surface area contributed by atoms with Gasteiger partial charge in [-0.3, -0.25) is 14.0 Å². The molecule has 9 nitrogen and oxygen atoms in total. The Kier molecular flexibility index (Phi) is 6.49. The summed E-state index contributed by atoms with van der Waals surface area (Å²) < 4.78 is 7.96. The number of hydrogen-bond acceptors (Lipinski definition) is 5. The number of amides is 2. The van der Waals surface area contributed by atoms with E-state index in [-0.39, 0.29) is 17.5 Å². The van der Waals surface area contributed by atoms with Crippen LogP contribution in [0.15, 0.2) is 77.7 Å². The van der Waals surface area contributed by atoms with Crippen molar-refractivity contribution in [3.05, 3.63) is 94.5 Å². The Balaban J connectivity index is 1.35. The minimum absolute atomic E-state index is 0.219. The second kappa shape index (κ2) is 9.82. The molecule has 0 aliphatic rings. The van der Waals surface area contributed by atoms with Crippen LogP contribution < -0.4 is 21.1 Å². The van der Waals surface area contributed by atoms with E-state index in [0.29, 0.717) is 47.7 Å². The fraction of sp³-hybridized carbons (Fsp3) is 0.167.